The first-order valence-electron chi connectivity index (χ1n) is 4.64. The average Bonchev–Trinajstić information content (AvgIpc) is 2.23. The summed E-state index contributed by atoms with van der Waals surface area (Å²) >= 11 is 0. The normalized spacial score (nSPS) is 10.6. The van der Waals surface area contributed by atoms with E-state index >= 15 is 0 Å². The van der Waals surface area contributed by atoms with Crippen molar-refractivity contribution in [3.8, 4) is 11.5 Å². The molecule has 0 amide bonds. The molecule has 1 aromatic rings. The van der Waals surface area contributed by atoms with Crippen LogP contribution in [0.25, 0.3) is 0 Å². The molecule has 0 unspecified atom stereocenters. The van der Waals surface area contributed by atoms with Crippen molar-refractivity contribution in [1.29, 1.82) is 0 Å². The quantitative estimate of drug-likeness (QED) is 0.894. The SMILES string of the molecule is Cl.NCCOc1ccccc1OCC(F)(F)F. The van der Waals surface area contributed by atoms with Crippen molar-refractivity contribution < 1.29 is 22.6 Å². The lowest BCUT2D eigenvalue weighted by Gasteiger charge is -2.13. The van der Waals surface area contributed by atoms with Crippen molar-refractivity contribution in [1.82, 2.24) is 0 Å². The summed E-state index contributed by atoms with van der Waals surface area (Å²) in [6, 6.07) is 6.16. The zero-order valence-electron chi connectivity index (χ0n) is 8.87. The van der Waals surface area contributed by atoms with Crippen LogP contribution in [0.4, 0.5) is 13.2 Å². The van der Waals surface area contributed by atoms with E-state index in [0.717, 1.165) is 0 Å². The van der Waals surface area contributed by atoms with Crippen molar-refractivity contribution in [3.05, 3.63) is 24.3 Å². The maximum absolute atomic E-state index is 11.9. The van der Waals surface area contributed by atoms with Gasteiger partial charge in [-0.3, -0.25) is 0 Å². The summed E-state index contributed by atoms with van der Waals surface area (Å²) in [5.74, 6) is 0.325. The standard InChI is InChI=1S/C10H12F3NO2.ClH/c11-10(12,13)7-16-9-4-2-1-3-8(9)15-6-5-14;/h1-4H,5-7,14H2;1H. The van der Waals surface area contributed by atoms with Crippen molar-refractivity contribution in [2.45, 2.75) is 6.18 Å². The molecular formula is C10H13ClF3NO2. The molecule has 0 atom stereocenters. The Balaban J connectivity index is 0.00000256. The summed E-state index contributed by atoms with van der Waals surface area (Å²) in [5, 5.41) is 0. The predicted octanol–water partition coefficient (Wildman–Crippen LogP) is 2.39. The highest BCUT2D eigenvalue weighted by Gasteiger charge is 2.28. The molecular weight excluding hydrogens is 259 g/mol. The van der Waals surface area contributed by atoms with Gasteiger partial charge in [0.15, 0.2) is 18.1 Å². The molecule has 0 saturated carbocycles. The summed E-state index contributed by atoms with van der Waals surface area (Å²) in [5.41, 5.74) is 5.22. The molecule has 0 bridgehead atoms. The molecule has 0 spiro atoms. The Bertz CT molecular complexity index is 334. The second kappa shape index (κ2) is 7.24. The van der Waals surface area contributed by atoms with Crippen molar-refractivity contribution in [2.24, 2.45) is 5.73 Å². The number of para-hydroxylation sites is 2. The van der Waals surface area contributed by atoms with Crippen LogP contribution in [-0.4, -0.2) is 25.9 Å². The first-order valence-corrected chi connectivity index (χ1v) is 4.64. The fraction of sp³-hybridized carbons (Fsp3) is 0.400. The fourth-order valence-electron chi connectivity index (χ4n) is 1.02. The molecule has 0 fully saturated rings. The number of ether oxygens (including phenoxy) is 2. The molecule has 0 aliphatic rings. The van der Waals surface area contributed by atoms with Gasteiger partial charge in [-0.05, 0) is 12.1 Å². The lowest BCUT2D eigenvalue weighted by Crippen LogP contribution is -2.19. The van der Waals surface area contributed by atoms with Gasteiger partial charge in [0.05, 0.1) is 0 Å². The maximum Gasteiger partial charge on any atom is 0.422 e. The molecule has 0 heterocycles. The van der Waals surface area contributed by atoms with Crippen LogP contribution in [0.1, 0.15) is 0 Å². The van der Waals surface area contributed by atoms with Crippen LogP contribution in [-0.2, 0) is 0 Å². The number of nitrogens with two attached hydrogens (primary N) is 1. The molecule has 0 saturated heterocycles. The summed E-state index contributed by atoms with van der Waals surface area (Å²) in [7, 11) is 0. The van der Waals surface area contributed by atoms with E-state index in [1.165, 1.54) is 12.1 Å². The van der Waals surface area contributed by atoms with Gasteiger partial charge in [-0.1, -0.05) is 12.1 Å². The highest BCUT2D eigenvalue weighted by molar-refractivity contribution is 5.85. The van der Waals surface area contributed by atoms with Crippen LogP contribution in [0.2, 0.25) is 0 Å². The van der Waals surface area contributed by atoms with E-state index in [2.05, 4.69) is 4.74 Å². The van der Waals surface area contributed by atoms with Gasteiger partial charge in [-0.15, -0.1) is 12.4 Å². The topological polar surface area (TPSA) is 44.5 Å². The Morgan fingerprint density at radius 3 is 2.06 bits per heavy atom. The number of benzene rings is 1. The van der Waals surface area contributed by atoms with E-state index < -0.39 is 12.8 Å². The smallest absolute Gasteiger partial charge is 0.422 e. The van der Waals surface area contributed by atoms with Gasteiger partial charge in [0, 0.05) is 6.54 Å². The zero-order valence-corrected chi connectivity index (χ0v) is 9.68. The molecule has 0 radical (unpaired) electrons. The van der Waals surface area contributed by atoms with E-state index in [9.17, 15) is 13.2 Å². The molecule has 0 aliphatic heterocycles. The Morgan fingerprint density at radius 1 is 1.06 bits per heavy atom. The third kappa shape index (κ3) is 6.23. The number of rotatable bonds is 5. The van der Waals surface area contributed by atoms with Crippen molar-refractivity contribution in [2.75, 3.05) is 19.8 Å². The van der Waals surface area contributed by atoms with Crippen LogP contribution in [0.5, 0.6) is 11.5 Å². The summed E-state index contributed by atoms with van der Waals surface area (Å²) in [6.45, 7) is -0.823. The van der Waals surface area contributed by atoms with E-state index in [4.69, 9.17) is 10.5 Å². The second-order valence-electron chi connectivity index (χ2n) is 2.99. The monoisotopic (exact) mass is 271 g/mol. The molecule has 0 aliphatic carbocycles. The largest absolute Gasteiger partial charge is 0.488 e. The lowest BCUT2D eigenvalue weighted by atomic mass is 10.3. The minimum atomic E-state index is -4.36. The van der Waals surface area contributed by atoms with Gasteiger partial charge < -0.3 is 15.2 Å². The Hall–Kier alpha value is -1.14. The summed E-state index contributed by atoms with van der Waals surface area (Å²) in [4.78, 5) is 0. The summed E-state index contributed by atoms with van der Waals surface area (Å²) in [6.07, 6.45) is -4.36. The molecule has 98 valence electrons. The van der Waals surface area contributed by atoms with Crippen LogP contribution in [0.15, 0.2) is 24.3 Å². The third-order valence-electron chi connectivity index (χ3n) is 1.62. The Morgan fingerprint density at radius 2 is 1.59 bits per heavy atom. The fourth-order valence-corrected chi connectivity index (χ4v) is 1.02. The van der Waals surface area contributed by atoms with E-state index in [0.29, 0.717) is 0 Å². The van der Waals surface area contributed by atoms with E-state index in [-0.39, 0.29) is 37.1 Å². The van der Waals surface area contributed by atoms with Crippen LogP contribution < -0.4 is 15.2 Å². The Labute approximate surface area is 103 Å². The lowest BCUT2D eigenvalue weighted by molar-refractivity contribution is -0.153. The van der Waals surface area contributed by atoms with Crippen LogP contribution >= 0.6 is 12.4 Å². The molecule has 17 heavy (non-hydrogen) atoms. The van der Waals surface area contributed by atoms with Gasteiger partial charge in [-0.2, -0.15) is 13.2 Å². The first-order chi connectivity index (χ1) is 7.53. The highest BCUT2D eigenvalue weighted by atomic mass is 35.5. The second-order valence-corrected chi connectivity index (χ2v) is 2.99. The molecule has 7 heteroatoms. The minimum absolute atomic E-state index is 0. The van der Waals surface area contributed by atoms with Crippen molar-refractivity contribution in [3.63, 3.8) is 0 Å². The summed E-state index contributed by atoms with van der Waals surface area (Å²) < 4.78 is 45.6. The van der Waals surface area contributed by atoms with Gasteiger partial charge in [0.25, 0.3) is 0 Å². The van der Waals surface area contributed by atoms with Crippen LogP contribution in [0, 0.1) is 0 Å². The zero-order chi connectivity index (χ0) is 12.0. The third-order valence-corrected chi connectivity index (χ3v) is 1.62. The Kier molecular flexibility index (Phi) is 6.75. The van der Waals surface area contributed by atoms with E-state index in [1.54, 1.807) is 12.1 Å². The molecule has 2 N–H and O–H groups in total. The average molecular weight is 272 g/mol. The van der Waals surface area contributed by atoms with Crippen LogP contribution in [0.3, 0.4) is 0 Å². The maximum atomic E-state index is 11.9. The van der Waals surface area contributed by atoms with E-state index in [1.807, 2.05) is 0 Å². The number of alkyl halides is 3. The number of hydrogen-bond acceptors (Lipinski definition) is 3. The van der Waals surface area contributed by atoms with Crippen molar-refractivity contribution >= 4 is 12.4 Å². The van der Waals surface area contributed by atoms with Gasteiger partial charge in [0.1, 0.15) is 6.61 Å². The molecule has 1 aromatic carbocycles. The predicted molar refractivity (Wildman–Crippen MR) is 59.8 cm³/mol. The van der Waals surface area contributed by atoms with Gasteiger partial charge in [0.2, 0.25) is 0 Å². The van der Waals surface area contributed by atoms with Gasteiger partial charge in [-0.25, -0.2) is 0 Å². The highest BCUT2D eigenvalue weighted by Crippen LogP contribution is 2.28. The number of hydrogen-bond donors (Lipinski definition) is 1. The van der Waals surface area contributed by atoms with Gasteiger partial charge >= 0.3 is 6.18 Å². The molecule has 1 rings (SSSR count). The minimum Gasteiger partial charge on any atom is -0.488 e. The first kappa shape index (κ1) is 15.9. The number of halogens is 4. The molecule has 0 aromatic heterocycles. The molecule has 3 nitrogen and oxygen atoms in total.